The quantitative estimate of drug-likeness (QED) is 0.528. The zero-order valence-electron chi connectivity index (χ0n) is 16.7. The monoisotopic (exact) mass is 433 g/mol. The molecule has 2 bridgehead atoms. The lowest BCUT2D eigenvalue weighted by molar-refractivity contribution is 0.0566. The number of fused-ring (bicyclic) bond motifs is 3. The summed E-state index contributed by atoms with van der Waals surface area (Å²) in [5.41, 5.74) is 3.32. The number of nitriles is 1. The summed E-state index contributed by atoms with van der Waals surface area (Å²) in [7, 11) is 0. The van der Waals surface area contributed by atoms with Gasteiger partial charge < -0.3 is 10.2 Å². The Balaban J connectivity index is 1.42. The van der Waals surface area contributed by atoms with Crippen LogP contribution in [0.1, 0.15) is 18.5 Å². The lowest BCUT2D eigenvalue weighted by atomic mass is 9.91. The molecule has 4 aromatic heterocycles. The molecular formula is C21H17F2N9. The van der Waals surface area contributed by atoms with Crippen LogP contribution in [0.25, 0.3) is 27.9 Å². The van der Waals surface area contributed by atoms with Crippen molar-refractivity contribution in [1.82, 2.24) is 34.7 Å². The van der Waals surface area contributed by atoms with Gasteiger partial charge in [0.05, 0.1) is 41.6 Å². The second-order valence-corrected chi connectivity index (χ2v) is 8.05. The molecule has 0 aliphatic carbocycles. The summed E-state index contributed by atoms with van der Waals surface area (Å²) < 4.78 is 28.1. The van der Waals surface area contributed by atoms with Gasteiger partial charge in [-0.15, -0.1) is 0 Å². The van der Waals surface area contributed by atoms with Gasteiger partial charge in [0.1, 0.15) is 11.9 Å². The van der Waals surface area contributed by atoms with Gasteiger partial charge in [-0.3, -0.25) is 4.98 Å². The maximum absolute atomic E-state index is 13.0. The van der Waals surface area contributed by atoms with Crippen molar-refractivity contribution in [2.45, 2.75) is 25.1 Å². The number of aromatic nitrogens is 6. The Kier molecular flexibility index (Phi) is 4.16. The fraction of sp³-hybridized carbons (Fsp3) is 0.286. The minimum atomic E-state index is -2.73. The SMILES string of the molecule is N#Cc1cnn2cc(-c3cnn(C(F)F)c3)cc(-c3cnc(N4CC5CC(C4)N5)cn3)c12. The summed E-state index contributed by atoms with van der Waals surface area (Å²) in [5, 5.41) is 21.0. The van der Waals surface area contributed by atoms with E-state index >= 15 is 0 Å². The van der Waals surface area contributed by atoms with E-state index in [1.54, 1.807) is 29.2 Å². The van der Waals surface area contributed by atoms with Crippen LogP contribution in [-0.4, -0.2) is 54.5 Å². The molecule has 7 heterocycles. The molecule has 4 aromatic rings. The molecule has 3 saturated heterocycles. The number of piperazine rings is 1. The topological polar surface area (TPSA) is 100.0 Å². The molecular weight excluding hydrogens is 416 g/mol. The van der Waals surface area contributed by atoms with Crippen molar-refractivity contribution in [2.75, 3.05) is 18.0 Å². The molecule has 7 rings (SSSR count). The Morgan fingerprint density at radius 3 is 2.50 bits per heavy atom. The summed E-state index contributed by atoms with van der Waals surface area (Å²) in [6.07, 6.45) is 10.4. The molecule has 0 spiro atoms. The zero-order valence-corrected chi connectivity index (χ0v) is 16.7. The first-order valence-electron chi connectivity index (χ1n) is 10.2. The van der Waals surface area contributed by atoms with E-state index < -0.39 is 6.55 Å². The van der Waals surface area contributed by atoms with Gasteiger partial charge in [-0.05, 0) is 12.5 Å². The molecule has 160 valence electrons. The second-order valence-electron chi connectivity index (χ2n) is 8.05. The molecule has 2 atom stereocenters. The van der Waals surface area contributed by atoms with E-state index in [2.05, 4.69) is 36.5 Å². The molecule has 3 fully saturated rings. The molecule has 0 radical (unpaired) electrons. The third kappa shape index (κ3) is 2.99. The minimum Gasteiger partial charge on any atom is -0.352 e. The molecule has 1 N–H and O–H groups in total. The second kappa shape index (κ2) is 7.06. The van der Waals surface area contributed by atoms with Gasteiger partial charge in [0.2, 0.25) is 0 Å². The Morgan fingerprint density at radius 2 is 1.84 bits per heavy atom. The highest BCUT2D eigenvalue weighted by molar-refractivity contribution is 5.86. The zero-order chi connectivity index (χ0) is 21.8. The summed E-state index contributed by atoms with van der Waals surface area (Å²) in [6, 6.07) is 4.96. The number of piperidine rings is 1. The smallest absolute Gasteiger partial charge is 0.333 e. The molecule has 11 heteroatoms. The Morgan fingerprint density at radius 1 is 1.03 bits per heavy atom. The predicted octanol–water partition coefficient (Wildman–Crippen LogP) is 2.47. The fourth-order valence-corrected chi connectivity index (χ4v) is 4.47. The van der Waals surface area contributed by atoms with Gasteiger partial charge in [-0.1, -0.05) is 0 Å². The van der Waals surface area contributed by atoms with Crippen molar-refractivity contribution in [3.63, 3.8) is 0 Å². The first kappa shape index (κ1) is 18.8. The van der Waals surface area contributed by atoms with E-state index in [-0.39, 0.29) is 0 Å². The Labute approximate surface area is 180 Å². The fourth-order valence-electron chi connectivity index (χ4n) is 4.47. The number of pyridine rings is 1. The largest absolute Gasteiger partial charge is 0.352 e. The van der Waals surface area contributed by atoms with Crippen molar-refractivity contribution in [1.29, 1.82) is 5.26 Å². The van der Waals surface area contributed by atoms with Gasteiger partial charge in [-0.25, -0.2) is 14.2 Å². The number of hydrogen-bond donors (Lipinski definition) is 1. The summed E-state index contributed by atoms with van der Waals surface area (Å²) >= 11 is 0. The van der Waals surface area contributed by atoms with Gasteiger partial charge in [0.15, 0.2) is 0 Å². The van der Waals surface area contributed by atoms with Crippen LogP contribution < -0.4 is 10.2 Å². The van der Waals surface area contributed by atoms with Crippen molar-refractivity contribution >= 4 is 11.3 Å². The highest BCUT2D eigenvalue weighted by Crippen LogP contribution is 2.32. The molecule has 3 aliphatic heterocycles. The van der Waals surface area contributed by atoms with Crippen molar-refractivity contribution in [3.05, 3.63) is 48.8 Å². The first-order valence-corrected chi connectivity index (χ1v) is 10.2. The normalized spacial score (nSPS) is 19.9. The Hall–Kier alpha value is -3.91. The van der Waals surface area contributed by atoms with E-state index in [4.69, 9.17) is 0 Å². The number of nitrogens with one attached hydrogen (secondary N) is 1. The first-order chi connectivity index (χ1) is 15.6. The minimum absolute atomic E-state index is 0.392. The highest BCUT2D eigenvalue weighted by atomic mass is 19.3. The van der Waals surface area contributed by atoms with E-state index in [9.17, 15) is 14.0 Å². The van der Waals surface area contributed by atoms with Crippen LogP contribution >= 0.6 is 0 Å². The van der Waals surface area contributed by atoms with Crippen LogP contribution in [0.2, 0.25) is 0 Å². The average Bonchev–Trinajstić information content (AvgIpc) is 3.46. The maximum Gasteiger partial charge on any atom is 0.333 e. The van der Waals surface area contributed by atoms with Crippen LogP contribution in [0, 0.1) is 11.3 Å². The van der Waals surface area contributed by atoms with Crippen LogP contribution in [0.4, 0.5) is 14.6 Å². The maximum atomic E-state index is 13.0. The van der Waals surface area contributed by atoms with Gasteiger partial charge in [0, 0.05) is 54.3 Å². The van der Waals surface area contributed by atoms with E-state index in [0.717, 1.165) is 18.9 Å². The number of anilines is 1. The average molecular weight is 433 g/mol. The van der Waals surface area contributed by atoms with Crippen LogP contribution in [0.15, 0.2) is 43.2 Å². The van der Waals surface area contributed by atoms with Gasteiger partial charge >= 0.3 is 6.55 Å². The number of nitrogens with zero attached hydrogens (tertiary/aromatic N) is 8. The van der Waals surface area contributed by atoms with Crippen LogP contribution in [0.3, 0.4) is 0 Å². The molecule has 0 aromatic carbocycles. The molecule has 2 unspecified atom stereocenters. The van der Waals surface area contributed by atoms with E-state index in [1.807, 2.05) is 0 Å². The molecule has 0 saturated carbocycles. The van der Waals surface area contributed by atoms with E-state index in [1.165, 1.54) is 25.0 Å². The lowest BCUT2D eigenvalue weighted by Crippen LogP contribution is -2.67. The predicted molar refractivity (Wildman–Crippen MR) is 111 cm³/mol. The summed E-state index contributed by atoms with van der Waals surface area (Å²) in [4.78, 5) is 11.5. The molecule has 3 aliphatic rings. The molecule has 32 heavy (non-hydrogen) atoms. The highest BCUT2D eigenvalue weighted by Gasteiger charge is 2.36. The molecule has 9 nitrogen and oxygen atoms in total. The van der Waals surface area contributed by atoms with Crippen molar-refractivity contribution < 1.29 is 8.78 Å². The lowest BCUT2D eigenvalue weighted by Gasteiger charge is -2.48. The number of rotatable bonds is 4. The number of alkyl halides is 2. The van der Waals surface area contributed by atoms with Gasteiger partial charge in [-0.2, -0.15) is 24.2 Å². The summed E-state index contributed by atoms with van der Waals surface area (Å²) in [5.74, 6) is 0.810. The number of hydrogen-bond acceptors (Lipinski definition) is 7. The third-order valence-electron chi connectivity index (χ3n) is 6.03. The number of halogens is 2. The Bertz CT molecular complexity index is 1340. The van der Waals surface area contributed by atoms with Crippen molar-refractivity contribution in [2.24, 2.45) is 0 Å². The van der Waals surface area contributed by atoms with Crippen molar-refractivity contribution in [3.8, 4) is 28.5 Å². The van der Waals surface area contributed by atoms with Crippen LogP contribution in [0.5, 0.6) is 0 Å². The standard InChI is InChI=1S/C21H17F2N9/c22-21(23)32-9-14(5-28-32)12-1-17(20-13(3-24)4-27-31(20)8-12)18-6-26-19(7-25-18)30-10-15-2-16(11-30)29-15/h1,4-9,15-16,21,29H,2,10-11H2. The van der Waals surface area contributed by atoms with Gasteiger partial charge in [0.25, 0.3) is 0 Å². The molecule has 0 amide bonds. The van der Waals surface area contributed by atoms with Crippen LogP contribution in [-0.2, 0) is 0 Å². The van der Waals surface area contributed by atoms with E-state index in [0.29, 0.717) is 50.2 Å². The summed E-state index contributed by atoms with van der Waals surface area (Å²) in [6.45, 7) is -0.921. The third-order valence-corrected chi connectivity index (χ3v) is 6.03.